The van der Waals surface area contributed by atoms with Gasteiger partial charge in [-0.05, 0) is 36.9 Å². The molecule has 6 heteroatoms. The first-order valence-corrected chi connectivity index (χ1v) is 7.20. The molecule has 3 aromatic heterocycles. The van der Waals surface area contributed by atoms with Crippen LogP contribution in [0, 0.1) is 0 Å². The number of thiophene rings is 1. The lowest BCUT2D eigenvalue weighted by molar-refractivity contribution is 0.112. The van der Waals surface area contributed by atoms with Gasteiger partial charge < -0.3 is 5.43 Å². The summed E-state index contributed by atoms with van der Waals surface area (Å²) in [5, 5.41) is 7.21. The summed E-state index contributed by atoms with van der Waals surface area (Å²) in [6, 6.07) is 4.19. The van der Waals surface area contributed by atoms with Crippen LogP contribution in [-0.2, 0) is 0 Å². The van der Waals surface area contributed by atoms with Gasteiger partial charge in [-0.1, -0.05) is 0 Å². The third-order valence-electron chi connectivity index (χ3n) is 2.86. The molecule has 20 heavy (non-hydrogen) atoms. The van der Waals surface area contributed by atoms with Crippen molar-refractivity contribution < 1.29 is 4.79 Å². The van der Waals surface area contributed by atoms with E-state index in [1.807, 2.05) is 31.4 Å². The van der Waals surface area contributed by atoms with Gasteiger partial charge in [-0.15, -0.1) is 11.3 Å². The molecule has 0 aliphatic carbocycles. The summed E-state index contributed by atoms with van der Waals surface area (Å²) in [6.45, 7) is 4.10. The maximum absolute atomic E-state index is 10.7. The van der Waals surface area contributed by atoms with Gasteiger partial charge in [0.25, 0.3) is 0 Å². The Morgan fingerprint density at radius 3 is 2.85 bits per heavy atom. The molecule has 0 unspecified atom stereocenters. The van der Waals surface area contributed by atoms with Crippen molar-refractivity contribution >= 4 is 28.7 Å². The number of carbonyl (C=O) groups excluding carboxylic acids is 1. The Morgan fingerprint density at radius 2 is 2.15 bits per heavy atom. The van der Waals surface area contributed by atoms with Crippen LogP contribution in [0.25, 0.3) is 22.2 Å². The number of pyridine rings is 1. The van der Waals surface area contributed by atoms with E-state index in [0.29, 0.717) is 0 Å². The van der Waals surface area contributed by atoms with E-state index in [1.54, 1.807) is 17.2 Å². The average Bonchev–Trinajstić information content (AvgIpc) is 3.05. The number of carbonyl (C=O) groups is 1. The van der Waals surface area contributed by atoms with E-state index in [9.17, 15) is 4.79 Å². The highest BCUT2D eigenvalue weighted by Gasteiger charge is 2.08. The molecule has 0 radical (unpaired) electrons. The quantitative estimate of drug-likeness (QED) is 0.749. The SMILES string of the molecule is CC(C)Nn1ncc2cc(-c3csc(C=O)c3)cnc21. The predicted molar refractivity (Wildman–Crippen MR) is 80.7 cm³/mol. The van der Waals surface area contributed by atoms with Gasteiger partial charge >= 0.3 is 0 Å². The minimum Gasteiger partial charge on any atom is -0.305 e. The second kappa shape index (κ2) is 5.05. The molecule has 0 saturated carbocycles. The Hall–Kier alpha value is -2.21. The van der Waals surface area contributed by atoms with E-state index < -0.39 is 0 Å². The van der Waals surface area contributed by atoms with E-state index in [2.05, 4.69) is 15.5 Å². The number of rotatable bonds is 4. The maximum atomic E-state index is 10.7. The molecule has 5 nitrogen and oxygen atoms in total. The van der Waals surface area contributed by atoms with Crippen LogP contribution >= 0.6 is 11.3 Å². The number of fused-ring (bicyclic) bond motifs is 1. The number of hydrogen-bond donors (Lipinski definition) is 1. The molecule has 0 fully saturated rings. The fourth-order valence-electron chi connectivity index (χ4n) is 1.98. The first kappa shape index (κ1) is 12.8. The van der Waals surface area contributed by atoms with Crippen molar-refractivity contribution in [1.29, 1.82) is 0 Å². The third kappa shape index (κ3) is 2.30. The molecule has 0 atom stereocenters. The molecule has 0 bridgehead atoms. The van der Waals surface area contributed by atoms with Crippen molar-refractivity contribution in [2.75, 3.05) is 5.43 Å². The lowest BCUT2D eigenvalue weighted by Gasteiger charge is -2.09. The smallest absolute Gasteiger partial charge is 0.180 e. The van der Waals surface area contributed by atoms with E-state index in [1.165, 1.54) is 11.3 Å². The highest BCUT2D eigenvalue weighted by Crippen LogP contribution is 2.26. The fraction of sp³-hybridized carbons (Fsp3) is 0.214. The van der Waals surface area contributed by atoms with Gasteiger partial charge in [0.2, 0.25) is 0 Å². The van der Waals surface area contributed by atoms with Crippen LogP contribution in [0.15, 0.2) is 29.9 Å². The number of aromatic nitrogens is 3. The minimum atomic E-state index is 0.284. The van der Waals surface area contributed by atoms with Crippen LogP contribution in [-0.4, -0.2) is 27.2 Å². The highest BCUT2D eigenvalue weighted by atomic mass is 32.1. The van der Waals surface area contributed by atoms with Gasteiger partial charge in [0.1, 0.15) is 0 Å². The second-order valence-corrected chi connectivity index (χ2v) is 5.78. The van der Waals surface area contributed by atoms with Crippen LogP contribution < -0.4 is 5.43 Å². The topological polar surface area (TPSA) is 59.8 Å². The van der Waals surface area contributed by atoms with Crippen molar-refractivity contribution in [2.24, 2.45) is 0 Å². The monoisotopic (exact) mass is 286 g/mol. The number of hydrogen-bond acceptors (Lipinski definition) is 5. The Kier molecular flexibility index (Phi) is 3.23. The molecule has 3 heterocycles. The predicted octanol–water partition coefficient (Wildman–Crippen LogP) is 2.92. The zero-order valence-electron chi connectivity index (χ0n) is 11.2. The van der Waals surface area contributed by atoms with Crippen LogP contribution in [0.1, 0.15) is 23.5 Å². The lowest BCUT2D eigenvalue weighted by Crippen LogP contribution is -2.23. The summed E-state index contributed by atoms with van der Waals surface area (Å²) in [6.07, 6.45) is 4.46. The maximum Gasteiger partial charge on any atom is 0.180 e. The van der Waals surface area contributed by atoms with Gasteiger partial charge in [-0.3, -0.25) is 4.79 Å². The summed E-state index contributed by atoms with van der Waals surface area (Å²) in [4.78, 5) is 17.6. The van der Waals surface area contributed by atoms with Crippen molar-refractivity contribution in [3.63, 3.8) is 0 Å². The van der Waals surface area contributed by atoms with Gasteiger partial charge in [0, 0.05) is 23.2 Å². The van der Waals surface area contributed by atoms with E-state index in [4.69, 9.17) is 0 Å². The molecule has 3 aromatic rings. The molecule has 0 spiro atoms. The molecule has 1 N–H and O–H groups in total. The molecule has 0 amide bonds. The molecular weight excluding hydrogens is 272 g/mol. The first-order chi connectivity index (χ1) is 9.67. The van der Waals surface area contributed by atoms with Crippen LogP contribution in [0.2, 0.25) is 0 Å². The van der Waals surface area contributed by atoms with Crippen LogP contribution in [0.3, 0.4) is 0 Å². The summed E-state index contributed by atoms with van der Waals surface area (Å²) in [5.74, 6) is 0. The highest BCUT2D eigenvalue weighted by molar-refractivity contribution is 7.12. The van der Waals surface area contributed by atoms with Crippen molar-refractivity contribution in [3.8, 4) is 11.1 Å². The third-order valence-corrected chi connectivity index (χ3v) is 3.72. The van der Waals surface area contributed by atoms with Gasteiger partial charge in [0.05, 0.1) is 11.1 Å². The Bertz CT molecular complexity index is 759. The standard InChI is InChI=1S/C14H14N4OS/c1-9(2)17-18-14-11(6-16-18)3-10(5-15-14)12-4-13(7-19)20-8-12/h3-9,17H,1-2H3. The minimum absolute atomic E-state index is 0.284. The zero-order chi connectivity index (χ0) is 14.1. The van der Waals surface area contributed by atoms with Crippen molar-refractivity contribution in [3.05, 3.63) is 34.8 Å². The van der Waals surface area contributed by atoms with Gasteiger partial charge in [0.15, 0.2) is 11.9 Å². The summed E-state index contributed by atoms with van der Waals surface area (Å²) >= 11 is 1.43. The Morgan fingerprint density at radius 1 is 1.30 bits per heavy atom. The number of aldehydes is 1. The lowest BCUT2D eigenvalue weighted by atomic mass is 10.1. The van der Waals surface area contributed by atoms with Gasteiger partial charge in [-0.25, -0.2) is 4.98 Å². The Balaban J connectivity index is 2.01. The molecule has 0 aliphatic rings. The van der Waals surface area contributed by atoms with Crippen LogP contribution in [0.4, 0.5) is 0 Å². The molecule has 3 rings (SSSR count). The normalized spacial score (nSPS) is 11.2. The van der Waals surface area contributed by atoms with Crippen LogP contribution in [0.5, 0.6) is 0 Å². The zero-order valence-corrected chi connectivity index (χ0v) is 12.0. The van der Waals surface area contributed by atoms with E-state index in [0.717, 1.165) is 33.3 Å². The van der Waals surface area contributed by atoms with Crippen molar-refractivity contribution in [1.82, 2.24) is 14.9 Å². The average molecular weight is 286 g/mol. The molecule has 102 valence electrons. The Labute approximate surface area is 120 Å². The van der Waals surface area contributed by atoms with E-state index in [-0.39, 0.29) is 6.04 Å². The fourth-order valence-corrected chi connectivity index (χ4v) is 2.70. The molecular formula is C14H14N4OS. The van der Waals surface area contributed by atoms with Gasteiger partial charge in [-0.2, -0.15) is 9.89 Å². The second-order valence-electron chi connectivity index (χ2n) is 4.83. The summed E-state index contributed by atoms with van der Waals surface area (Å²) < 4.78 is 0. The van der Waals surface area contributed by atoms with E-state index >= 15 is 0 Å². The molecule has 0 saturated heterocycles. The largest absolute Gasteiger partial charge is 0.305 e. The number of nitrogens with one attached hydrogen (secondary N) is 1. The molecule has 0 aliphatic heterocycles. The summed E-state index contributed by atoms with van der Waals surface area (Å²) in [7, 11) is 0. The number of nitrogens with zero attached hydrogens (tertiary/aromatic N) is 3. The summed E-state index contributed by atoms with van der Waals surface area (Å²) in [5.41, 5.74) is 6.00. The molecule has 0 aromatic carbocycles. The van der Waals surface area contributed by atoms with Crippen molar-refractivity contribution in [2.45, 2.75) is 19.9 Å². The first-order valence-electron chi connectivity index (χ1n) is 6.32.